The Balaban J connectivity index is 2.44. The van der Waals surface area contributed by atoms with Crippen LogP contribution in [0, 0.1) is 16.0 Å². The molecule has 1 aliphatic heterocycles. The van der Waals surface area contributed by atoms with Gasteiger partial charge in [0, 0.05) is 30.2 Å². The topological polar surface area (TPSA) is 101 Å². The number of nitro groups is 1. The lowest BCUT2D eigenvalue weighted by Crippen LogP contribution is -2.29. The number of rotatable bonds is 4. The fourth-order valence-corrected chi connectivity index (χ4v) is 4.38. The van der Waals surface area contributed by atoms with Crippen LogP contribution in [0.5, 0.6) is 0 Å². The molecule has 1 fully saturated rings. The van der Waals surface area contributed by atoms with Gasteiger partial charge in [-0.25, -0.2) is 8.42 Å². The Hall–Kier alpha value is -1.03. The number of nitrogens with zero attached hydrogens (tertiary/aromatic N) is 2. The van der Waals surface area contributed by atoms with E-state index in [9.17, 15) is 18.5 Å². The second-order valence-electron chi connectivity index (χ2n) is 4.57. The molecular formula is C11H13BrN2O5S. The molecule has 9 heteroatoms. The van der Waals surface area contributed by atoms with Crippen LogP contribution in [0.2, 0.25) is 0 Å². The molecule has 0 saturated carbocycles. The summed E-state index contributed by atoms with van der Waals surface area (Å²) in [5, 5.41) is 20.1. The van der Waals surface area contributed by atoms with Crippen molar-refractivity contribution in [3.63, 3.8) is 0 Å². The minimum absolute atomic E-state index is 0.0907. The Morgan fingerprint density at radius 1 is 1.50 bits per heavy atom. The summed E-state index contributed by atoms with van der Waals surface area (Å²) in [5.74, 6) is -0.115. The molecular weight excluding hydrogens is 352 g/mol. The Kier molecular flexibility index (Phi) is 4.43. The Bertz CT molecular complexity index is 634. The first kappa shape index (κ1) is 15.4. The minimum Gasteiger partial charge on any atom is -0.396 e. The first-order valence-electron chi connectivity index (χ1n) is 5.91. The van der Waals surface area contributed by atoms with Crippen LogP contribution in [-0.4, -0.2) is 42.4 Å². The third-order valence-electron chi connectivity index (χ3n) is 3.24. The van der Waals surface area contributed by atoms with Gasteiger partial charge < -0.3 is 5.11 Å². The molecule has 0 spiro atoms. The van der Waals surface area contributed by atoms with Gasteiger partial charge in [-0.3, -0.25) is 10.1 Å². The van der Waals surface area contributed by atoms with Crippen molar-refractivity contribution in [1.29, 1.82) is 0 Å². The van der Waals surface area contributed by atoms with E-state index in [1.807, 2.05) is 0 Å². The predicted octanol–water partition coefficient (Wildman–Crippen LogP) is 1.36. The Labute approximate surface area is 124 Å². The molecule has 0 aliphatic carbocycles. The highest BCUT2D eigenvalue weighted by molar-refractivity contribution is 9.10. The smallest absolute Gasteiger partial charge is 0.289 e. The number of hydrogen-bond acceptors (Lipinski definition) is 5. The maximum Gasteiger partial charge on any atom is 0.289 e. The SMILES string of the molecule is O=[N+]([O-])c1ccc(Br)cc1S(=O)(=O)N1CCC(CO)C1. The quantitative estimate of drug-likeness (QED) is 0.641. The van der Waals surface area contributed by atoms with Crippen molar-refractivity contribution in [1.82, 2.24) is 4.31 Å². The molecule has 1 N–H and O–H groups in total. The molecule has 110 valence electrons. The third kappa shape index (κ3) is 2.85. The van der Waals surface area contributed by atoms with Crippen molar-refractivity contribution in [2.24, 2.45) is 5.92 Å². The fourth-order valence-electron chi connectivity index (χ4n) is 2.15. The highest BCUT2D eigenvalue weighted by Crippen LogP contribution is 2.32. The number of halogens is 1. The molecule has 0 bridgehead atoms. The van der Waals surface area contributed by atoms with Gasteiger partial charge in [0.2, 0.25) is 10.0 Å². The summed E-state index contributed by atoms with van der Waals surface area (Å²) in [7, 11) is -3.93. The molecule has 1 unspecified atom stereocenters. The number of sulfonamides is 1. The van der Waals surface area contributed by atoms with E-state index in [0.717, 1.165) is 6.07 Å². The maximum absolute atomic E-state index is 12.5. The van der Waals surface area contributed by atoms with E-state index in [2.05, 4.69) is 15.9 Å². The highest BCUT2D eigenvalue weighted by Gasteiger charge is 2.36. The Morgan fingerprint density at radius 3 is 2.75 bits per heavy atom. The van der Waals surface area contributed by atoms with Gasteiger partial charge in [0.1, 0.15) is 0 Å². The molecule has 20 heavy (non-hydrogen) atoms. The van der Waals surface area contributed by atoms with Crippen molar-refractivity contribution >= 4 is 31.6 Å². The van der Waals surface area contributed by atoms with Crippen molar-refractivity contribution in [3.8, 4) is 0 Å². The first-order valence-corrected chi connectivity index (χ1v) is 8.14. The molecule has 7 nitrogen and oxygen atoms in total. The van der Waals surface area contributed by atoms with E-state index in [-0.39, 0.29) is 30.5 Å². The average Bonchev–Trinajstić information content (AvgIpc) is 2.87. The predicted molar refractivity (Wildman–Crippen MR) is 74.7 cm³/mol. The molecule has 2 rings (SSSR count). The van der Waals surface area contributed by atoms with E-state index < -0.39 is 20.6 Å². The zero-order chi connectivity index (χ0) is 14.9. The molecule has 1 aromatic carbocycles. The van der Waals surface area contributed by atoms with Gasteiger partial charge >= 0.3 is 0 Å². The van der Waals surface area contributed by atoms with Crippen LogP contribution in [0.15, 0.2) is 27.6 Å². The summed E-state index contributed by atoms with van der Waals surface area (Å²) in [5.41, 5.74) is -0.444. The van der Waals surface area contributed by atoms with E-state index >= 15 is 0 Å². The molecule has 1 aliphatic rings. The van der Waals surface area contributed by atoms with Gasteiger partial charge in [0.25, 0.3) is 5.69 Å². The van der Waals surface area contributed by atoms with Crippen LogP contribution in [0.3, 0.4) is 0 Å². The molecule has 1 saturated heterocycles. The van der Waals surface area contributed by atoms with Crippen LogP contribution in [0.4, 0.5) is 5.69 Å². The minimum atomic E-state index is -3.93. The molecule has 1 aromatic rings. The van der Waals surface area contributed by atoms with E-state index in [1.165, 1.54) is 16.4 Å². The maximum atomic E-state index is 12.5. The van der Waals surface area contributed by atoms with Gasteiger partial charge in [-0.2, -0.15) is 4.31 Å². The summed E-state index contributed by atoms with van der Waals surface area (Å²) < 4.78 is 26.6. The number of benzene rings is 1. The molecule has 0 radical (unpaired) electrons. The summed E-state index contributed by atoms with van der Waals surface area (Å²) in [6.07, 6.45) is 0.553. The van der Waals surface area contributed by atoms with E-state index in [1.54, 1.807) is 0 Å². The van der Waals surface area contributed by atoms with Gasteiger partial charge in [-0.1, -0.05) is 15.9 Å². The summed E-state index contributed by atoms with van der Waals surface area (Å²) >= 11 is 3.13. The second-order valence-corrected chi connectivity index (χ2v) is 7.39. The lowest BCUT2D eigenvalue weighted by atomic mass is 10.1. The largest absolute Gasteiger partial charge is 0.396 e. The van der Waals surface area contributed by atoms with Gasteiger partial charge in [0.05, 0.1) is 4.92 Å². The Morgan fingerprint density at radius 2 is 2.20 bits per heavy atom. The zero-order valence-corrected chi connectivity index (χ0v) is 12.8. The number of nitro benzene ring substituents is 1. The third-order valence-corrected chi connectivity index (χ3v) is 5.63. The normalized spacial score (nSPS) is 20.2. The number of aliphatic hydroxyl groups excluding tert-OH is 1. The van der Waals surface area contributed by atoms with Crippen molar-refractivity contribution < 1.29 is 18.4 Å². The zero-order valence-electron chi connectivity index (χ0n) is 10.4. The van der Waals surface area contributed by atoms with E-state index in [4.69, 9.17) is 5.11 Å². The van der Waals surface area contributed by atoms with Crippen LogP contribution in [0.25, 0.3) is 0 Å². The number of hydrogen-bond donors (Lipinski definition) is 1. The van der Waals surface area contributed by atoms with Gasteiger partial charge in [-0.15, -0.1) is 0 Å². The average molecular weight is 365 g/mol. The van der Waals surface area contributed by atoms with Crippen molar-refractivity contribution in [2.45, 2.75) is 11.3 Å². The standard InChI is InChI=1S/C11H13BrN2O5S/c12-9-1-2-10(14(16)17)11(5-9)20(18,19)13-4-3-8(6-13)7-15/h1-2,5,8,15H,3-4,6-7H2. The first-order chi connectivity index (χ1) is 9.36. The number of aliphatic hydroxyl groups is 1. The second kappa shape index (κ2) is 5.76. The van der Waals surface area contributed by atoms with Crippen LogP contribution in [0.1, 0.15) is 6.42 Å². The van der Waals surface area contributed by atoms with Gasteiger partial charge in [0.15, 0.2) is 4.90 Å². The summed E-state index contributed by atoms with van der Waals surface area (Å²) in [6.45, 7) is 0.353. The fraction of sp³-hybridized carbons (Fsp3) is 0.455. The van der Waals surface area contributed by atoms with E-state index in [0.29, 0.717) is 10.9 Å². The lowest BCUT2D eigenvalue weighted by molar-refractivity contribution is -0.387. The van der Waals surface area contributed by atoms with Crippen LogP contribution >= 0.6 is 15.9 Å². The van der Waals surface area contributed by atoms with Crippen molar-refractivity contribution in [2.75, 3.05) is 19.7 Å². The molecule has 1 atom stereocenters. The summed E-state index contributed by atoms with van der Waals surface area (Å²) in [4.78, 5) is 9.95. The molecule has 1 heterocycles. The van der Waals surface area contributed by atoms with Crippen LogP contribution < -0.4 is 0 Å². The molecule has 0 amide bonds. The highest BCUT2D eigenvalue weighted by atomic mass is 79.9. The monoisotopic (exact) mass is 364 g/mol. The van der Waals surface area contributed by atoms with Crippen LogP contribution in [-0.2, 0) is 10.0 Å². The van der Waals surface area contributed by atoms with Crippen molar-refractivity contribution in [3.05, 3.63) is 32.8 Å². The lowest BCUT2D eigenvalue weighted by Gasteiger charge is -2.16. The summed E-state index contributed by atoms with van der Waals surface area (Å²) in [6, 6.07) is 3.83. The van der Waals surface area contributed by atoms with Gasteiger partial charge in [-0.05, 0) is 24.5 Å². The molecule has 0 aromatic heterocycles.